The number of carboxylic acid groups (broad SMARTS) is 1. The van der Waals surface area contributed by atoms with Crippen LogP contribution >= 0.6 is 11.3 Å². The number of rotatable bonds is 13. The van der Waals surface area contributed by atoms with E-state index in [4.69, 9.17) is 15.1 Å². The number of hydrogen-bond donors (Lipinski definition) is 1. The molecular weight excluding hydrogens is 520 g/mol. The normalized spacial score (nSPS) is 10.9. The highest BCUT2D eigenvalue weighted by Crippen LogP contribution is 2.32. The van der Waals surface area contributed by atoms with Crippen molar-refractivity contribution < 1.29 is 19.6 Å². The number of nitro benzene ring substituents is 1. The standard InChI is InChI=1S/C27H24N6O5S/c28-14-1-15-32(16-17-38-23-10-2-19(3-11-23)4-13-26(34)35)21-7-5-20(6-8-21)30-31-27-29-24-12-9-22(33(36)37)18-25(24)39-27/h2-3,5-12,18H,1,4,13,15-17H2,(H,34,35). The summed E-state index contributed by atoms with van der Waals surface area (Å²) >= 11 is 1.22. The number of carbonyl (C=O) groups is 1. The van der Waals surface area contributed by atoms with E-state index in [0.29, 0.717) is 59.3 Å². The maximum atomic E-state index is 11.0. The minimum atomic E-state index is -0.827. The van der Waals surface area contributed by atoms with E-state index in [1.54, 1.807) is 6.07 Å². The summed E-state index contributed by atoms with van der Waals surface area (Å²) in [5.74, 6) is -0.137. The van der Waals surface area contributed by atoms with Crippen molar-refractivity contribution in [3.63, 3.8) is 0 Å². The molecule has 11 nitrogen and oxygen atoms in total. The van der Waals surface area contributed by atoms with Gasteiger partial charge in [0.15, 0.2) is 0 Å². The van der Waals surface area contributed by atoms with Crippen LogP contribution in [0.2, 0.25) is 0 Å². The number of carboxylic acids is 1. The van der Waals surface area contributed by atoms with E-state index in [0.717, 1.165) is 11.3 Å². The van der Waals surface area contributed by atoms with Crippen LogP contribution in [0.4, 0.5) is 22.2 Å². The van der Waals surface area contributed by atoms with Crippen LogP contribution in [0.25, 0.3) is 10.2 Å². The Balaban J connectivity index is 1.35. The summed E-state index contributed by atoms with van der Waals surface area (Å²) in [5.41, 5.74) is 3.08. The largest absolute Gasteiger partial charge is 0.492 e. The molecule has 39 heavy (non-hydrogen) atoms. The molecule has 3 aromatic carbocycles. The fraction of sp³-hybridized carbons (Fsp3) is 0.222. The number of anilines is 1. The zero-order chi connectivity index (χ0) is 27.6. The number of benzene rings is 3. The monoisotopic (exact) mass is 544 g/mol. The van der Waals surface area contributed by atoms with Crippen molar-refractivity contribution in [1.82, 2.24) is 4.98 Å². The Hall–Kier alpha value is -4.89. The van der Waals surface area contributed by atoms with Gasteiger partial charge in [0.05, 0.1) is 39.9 Å². The van der Waals surface area contributed by atoms with E-state index in [9.17, 15) is 14.9 Å². The molecule has 0 atom stereocenters. The Morgan fingerprint density at radius 1 is 1.10 bits per heavy atom. The van der Waals surface area contributed by atoms with E-state index in [1.807, 2.05) is 53.4 Å². The molecule has 0 radical (unpaired) electrons. The third kappa shape index (κ3) is 7.80. The van der Waals surface area contributed by atoms with Gasteiger partial charge in [0.1, 0.15) is 12.4 Å². The predicted octanol–water partition coefficient (Wildman–Crippen LogP) is 6.44. The molecule has 0 bridgehead atoms. The number of non-ortho nitro benzene ring substituents is 1. The van der Waals surface area contributed by atoms with Crippen molar-refractivity contribution in [3.8, 4) is 11.8 Å². The number of thiazole rings is 1. The number of hydrogen-bond acceptors (Lipinski definition) is 10. The smallest absolute Gasteiger partial charge is 0.303 e. The van der Waals surface area contributed by atoms with Crippen molar-refractivity contribution in [2.24, 2.45) is 10.2 Å². The van der Waals surface area contributed by atoms with Gasteiger partial charge in [-0.25, -0.2) is 4.98 Å². The van der Waals surface area contributed by atoms with Crippen molar-refractivity contribution >= 4 is 49.7 Å². The molecule has 0 aliphatic rings. The first-order valence-electron chi connectivity index (χ1n) is 12.0. The number of azo groups is 1. The Kier molecular flexibility index (Phi) is 9.10. The summed E-state index contributed by atoms with van der Waals surface area (Å²) in [7, 11) is 0. The predicted molar refractivity (Wildman–Crippen MR) is 147 cm³/mol. The first kappa shape index (κ1) is 27.2. The van der Waals surface area contributed by atoms with Gasteiger partial charge in [-0.1, -0.05) is 23.5 Å². The molecule has 198 valence electrons. The van der Waals surface area contributed by atoms with E-state index in [1.165, 1.54) is 23.5 Å². The molecule has 0 aliphatic carbocycles. The SMILES string of the molecule is N#CCCN(CCOc1ccc(CCC(=O)O)cc1)c1ccc(N=Nc2nc3ccc([N+](=O)[O-])cc3s2)cc1. The Labute approximate surface area is 227 Å². The molecule has 0 fully saturated rings. The highest BCUT2D eigenvalue weighted by molar-refractivity contribution is 7.21. The maximum absolute atomic E-state index is 11.0. The molecule has 4 rings (SSSR count). The van der Waals surface area contributed by atoms with E-state index < -0.39 is 10.9 Å². The lowest BCUT2D eigenvalue weighted by Crippen LogP contribution is -2.29. The molecule has 4 aromatic rings. The van der Waals surface area contributed by atoms with Gasteiger partial charge in [0, 0.05) is 30.8 Å². The van der Waals surface area contributed by atoms with Crippen molar-refractivity contribution in [3.05, 3.63) is 82.4 Å². The first-order valence-corrected chi connectivity index (χ1v) is 12.8. The Morgan fingerprint density at radius 2 is 1.87 bits per heavy atom. The molecule has 12 heteroatoms. The first-order chi connectivity index (χ1) is 18.9. The maximum Gasteiger partial charge on any atom is 0.303 e. The van der Waals surface area contributed by atoms with Crippen LogP contribution < -0.4 is 9.64 Å². The second-order valence-electron chi connectivity index (χ2n) is 8.40. The summed E-state index contributed by atoms with van der Waals surface area (Å²) in [6.07, 6.45) is 0.914. The minimum absolute atomic E-state index is 0.00229. The van der Waals surface area contributed by atoms with Crippen LogP contribution in [0, 0.1) is 21.4 Å². The molecular formula is C27H24N6O5S. The molecule has 0 unspecified atom stereocenters. The van der Waals surface area contributed by atoms with E-state index in [2.05, 4.69) is 21.3 Å². The number of aryl methyl sites for hydroxylation is 1. The fourth-order valence-electron chi connectivity index (χ4n) is 3.72. The topological polar surface area (TPSA) is 154 Å². The van der Waals surface area contributed by atoms with Gasteiger partial charge in [0.25, 0.3) is 5.69 Å². The molecule has 1 N–H and O–H groups in total. The molecule has 0 spiro atoms. The second-order valence-corrected chi connectivity index (χ2v) is 9.41. The molecule has 1 heterocycles. The van der Waals surface area contributed by atoms with Crippen LogP contribution in [-0.2, 0) is 11.2 Å². The van der Waals surface area contributed by atoms with Crippen molar-refractivity contribution in [1.29, 1.82) is 5.26 Å². The summed E-state index contributed by atoms with van der Waals surface area (Å²) in [6, 6.07) is 21.4. The van der Waals surface area contributed by atoms with Gasteiger partial charge < -0.3 is 14.7 Å². The number of ether oxygens (including phenoxy) is 1. The molecule has 0 amide bonds. The van der Waals surface area contributed by atoms with Crippen molar-refractivity contribution in [2.45, 2.75) is 19.3 Å². The van der Waals surface area contributed by atoms with Gasteiger partial charge in [-0.2, -0.15) is 5.26 Å². The highest BCUT2D eigenvalue weighted by Gasteiger charge is 2.11. The number of nitriles is 1. The minimum Gasteiger partial charge on any atom is -0.492 e. The lowest BCUT2D eigenvalue weighted by molar-refractivity contribution is -0.384. The van der Waals surface area contributed by atoms with Crippen LogP contribution in [0.15, 0.2) is 77.0 Å². The Bertz CT molecular complexity index is 1510. The van der Waals surface area contributed by atoms with Gasteiger partial charge in [-0.15, -0.1) is 10.2 Å². The summed E-state index contributed by atoms with van der Waals surface area (Å²) in [6.45, 7) is 1.49. The van der Waals surface area contributed by atoms with E-state index in [-0.39, 0.29) is 12.1 Å². The zero-order valence-corrected chi connectivity index (χ0v) is 21.6. The molecule has 1 aromatic heterocycles. The van der Waals surface area contributed by atoms with Gasteiger partial charge in [0.2, 0.25) is 5.13 Å². The summed E-state index contributed by atoms with van der Waals surface area (Å²) in [4.78, 5) is 27.6. The van der Waals surface area contributed by atoms with Gasteiger partial charge >= 0.3 is 5.97 Å². The highest BCUT2D eigenvalue weighted by atomic mass is 32.1. The van der Waals surface area contributed by atoms with Crippen LogP contribution in [0.1, 0.15) is 18.4 Å². The van der Waals surface area contributed by atoms with Gasteiger partial charge in [-0.05, 0) is 54.4 Å². The molecule has 0 saturated heterocycles. The quantitative estimate of drug-likeness (QED) is 0.115. The number of fused-ring (bicyclic) bond motifs is 1. The van der Waals surface area contributed by atoms with Crippen LogP contribution in [-0.4, -0.2) is 40.7 Å². The number of nitrogens with zero attached hydrogens (tertiary/aromatic N) is 6. The summed E-state index contributed by atoms with van der Waals surface area (Å²) < 4.78 is 6.52. The number of aromatic nitrogens is 1. The molecule has 0 aliphatic heterocycles. The number of nitro groups is 1. The third-order valence-electron chi connectivity index (χ3n) is 5.71. The average Bonchev–Trinajstić information content (AvgIpc) is 3.36. The second kappa shape index (κ2) is 13.1. The third-order valence-corrected chi connectivity index (χ3v) is 6.61. The van der Waals surface area contributed by atoms with E-state index >= 15 is 0 Å². The fourth-order valence-corrected chi connectivity index (χ4v) is 4.54. The zero-order valence-electron chi connectivity index (χ0n) is 20.8. The molecule has 0 saturated carbocycles. The van der Waals surface area contributed by atoms with Crippen LogP contribution in [0.3, 0.4) is 0 Å². The van der Waals surface area contributed by atoms with Gasteiger partial charge in [-0.3, -0.25) is 14.9 Å². The lowest BCUT2D eigenvalue weighted by atomic mass is 10.1. The average molecular weight is 545 g/mol. The van der Waals surface area contributed by atoms with Crippen LogP contribution in [0.5, 0.6) is 5.75 Å². The number of aliphatic carboxylic acids is 1. The van der Waals surface area contributed by atoms with Crippen molar-refractivity contribution in [2.75, 3.05) is 24.6 Å². The Morgan fingerprint density at radius 3 is 2.56 bits per heavy atom. The summed E-state index contributed by atoms with van der Waals surface area (Å²) in [5, 5.41) is 37.7. The lowest BCUT2D eigenvalue weighted by Gasteiger charge is -2.24.